The molecule has 0 atom stereocenters. The molecule has 0 bridgehead atoms. The highest BCUT2D eigenvalue weighted by Gasteiger charge is 2.54. The van der Waals surface area contributed by atoms with E-state index in [-0.39, 0.29) is 44.5 Å². The van der Waals surface area contributed by atoms with Crippen molar-refractivity contribution in [3.63, 3.8) is 0 Å². The van der Waals surface area contributed by atoms with Crippen LogP contribution in [0.15, 0.2) is 161 Å². The van der Waals surface area contributed by atoms with Gasteiger partial charge >= 0.3 is 0 Å². The minimum atomic E-state index is -1.22. The van der Waals surface area contributed by atoms with Crippen LogP contribution in [0.3, 0.4) is 0 Å². The number of unbranched alkanes of at least 4 members (excludes halogenated alkanes) is 12. The summed E-state index contributed by atoms with van der Waals surface area (Å²) in [6.07, 6.45) is 24.4. The van der Waals surface area contributed by atoms with E-state index in [9.17, 15) is 20.1 Å². The minimum absolute atomic E-state index is 0.0217. The number of Topliss-reactive ketones (excluding diaryl/α,β-unsaturated/α-hetero) is 2. The minimum Gasteiger partial charge on any atom is -0.289 e. The van der Waals surface area contributed by atoms with Crippen LogP contribution in [0.5, 0.6) is 0 Å². The zero-order valence-corrected chi connectivity index (χ0v) is 65.3. The van der Waals surface area contributed by atoms with Gasteiger partial charge in [0.05, 0.1) is 60.3 Å². The third-order valence-corrected chi connectivity index (χ3v) is 27.8. The standard InChI is InChI=1S/C94H76F4N6O3S4/c1-7-11-15-19-23-53-27-35-57(36-28-53)93(58-37-29-54(30-38-58)24-20-16-12-8-2)69-45-61(43-67-77(75(51-99)101-5)63-47-71(95)73(97)49-65(63)85(67)105)108-87(69)91-81(93)79-83-84(104-107-103-83)90-80(89(79)110-91)82-92(111-90)88-70(46-62(109-88)44-68-78(76(52-100)102-6)64-48-72(96)74(98)50-66(64)86(68)106)94(82,59-39-31-55(32-40-59)25-21-17-13-9-3)60-41-33-56(34-42-60)26-22-18-14-10-4/h27-50H,7-26H2,1-4H3/b67-43-,68-44-,77-75?,78-76+. The number of rotatable bonds is 26. The van der Waals surface area contributed by atoms with Crippen molar-refractivity contribution >= 4 is 111 Å². The van der Waals surface area contributed by atoms with Crippen molar-refractivity contribution in [3.05, 3.63) is 301 Å². The van der Waals surface area contributed by atoms with Gasteiger partial charge in [0.15, 0.2) is 40.4 Å². The van der Waals surface area contributed by atoms with Crippen molar-refractivity contribution in [1.82, 2.24) is 10.3 Å². The summed E-state index contributed by atoms with van der Waals surface area (Å²) < 4.78 is 69.1. The first-order valence-electron chi connectivity index (χ1n) is 38.6. The number of nitriles is 2. The van der Waals surface area contributed by atoms with Gasteiger partial charge in [-0.3, -0.25) is 9.59 Å². The molecule has 0 saturated carbocycles. The quantitative estimate of drug-likeness (QED) is 0.0174. The number of halogens is 4. The second-order valence-electron chi connectivity index (χ2n) is 29.6. The molecule has 0 saturated heterocycles. The number of aromatic nitrogens is 2. The van der Waals surface area contributed by atoms with Crippen LogP contribution in [-0.2, 0) is 36.5 Å². The molecular formula is C94H76F4N6O3S4. The highest BCUT2D eigenvalue weighted by atomic mass is 32.1. The molecule has 0 unspecified atom stereocenters. The Morgan fingerprint density at radius 3 is 1.11 bits per heavy atom. The molecule has 552 valence electrons. The van der Waals surface area contributed by atoms with E-state index < -0.39 is 57.1 Å². The van der Waals surface area contributed by atoms with Crippen LogP contribution < -0.4 is 0 Å². The summed E-state index contributed by atoms with van der Waals surface area (Å²) in [6, 6.07) is 47.7. The van der Waals surface area contributed by atoms with E-state index in [2.05, 4.69) is 147 Å². The number of nitrogens with zero attached hydrogens (tertiary/aromatic N) is 6. The Bertz CT molecular complexity index is 5970. The van der Waals surface area contributed by atoms with Crippen LogP contribution in [0.4, 0.5) is 17.6 Å². The van der Waals surface area contributed by atoms with Gasteiger partial charge < -0.3 is 0 Å². The molecule has 0 spiro atoms. The Hall–Kier alpha value is -10.8. The van der Waals surface area contributed by atoms with Gasteiger partial charge in [-0.05, 0) is 177 Å². The summed E-state index contributed by atoms with van der Waals surface area (Å²) in [5.41, 5.74) is 10.1. The summed E-state index contributed by atoms with van der Waals surface area (Å²) in [4.78, 5) is 41.7. The molecule has 0 radical (unpaired) electrons. The highest BCUT2D eigenvalue weighted by Crippen LogP contribution is 2.69. The molecule has 4 aliphatic carbocycles. The summed E-state index contributed by atoms with van der Waals surface area (Å²) >= 11 is 6.18. The average molecular weight is 1540 g/mol. The molecule has 0 aliphatic heterocycles. The number of carbonyl (C=O) groups excluding carboxylic acids is 2. The number of hydrogen-bond donors (Lipinski definition) is 0. The maximum absolute atomic E-state index is 15.4. The molecule has 9 nitrogen and oxygen atoms in total. The molecule has 4 aliphatic rings. The van der Waals surface area contributed by atoms with E-state index in [1.165, 1.54) is 44.9 Å². The maximum Gasteiger partial charge on any atom is 0.270 e. The number of carbonyl (C=O) groups is 2. The summed E-state index contributed by atoms with van der Waals surface area (Å²) in [7, 11) is 0. The number of benzene rings is 7. The van der Waals surface area contributed by atoms with Crippen molar-refractivity contribution in [3.8, 4) is 31.6 Å². The zero-order valence-electron chi connectivity index (χ0n) is 62.1. The van der Waals surface area contributed by atoms with Crippen LogP contribution in [-0.4, -0.2) is 21.9 Å². The van der Waals surface area contributed by atoms with Crippen molar-refractivity contribution < 1.29 is 31.8 Å². The molecule has 17 heteroatoms. The second kappa shape index (κ2) is 30.8. The molecule has 111 heavy (non-hydrogen) atoms. The van der Waals surface area contributed by atoms with Crippen molar-refractivity contribution in [2.24, 2.45) is 0 Å². The molecule has 0 N–H and O–H groups in total. The third kappa shape index (κ3) is 12.4. The van der Waals surface area contributed by atoms with E-state index in [1.807, 2.05) is 12.1 Å². The smallest absolute Gasteiger partial charge is 0.270 e. The van der Waals surface area contributed by atoms with Crippen molar-refractivity contribution in [2.75, 3.05) is 0 Å². The molecule has 12 aromatic rings. The summed E-state index contributed by atoms with van der Waals surface area (Å²) in [5, 5.41) is 32.8. The lowest BCUT2D eigenvalue weighted by atomic mass is 9.66. The Morgan fingerprint density at radius 1 is 0.432 bits per heavy atom. The van der Waals surface area contributed by atoms with Gasteiger partial charge in [0, 0.05) is 69.8 Å². The Balaban J connectivity index is 1.01. The van der Waals surface area contributed by atoms with E-state index >= 15 is 17.6 Å². The predicted molar refractivity (Wildman–Crippen MR) is 440 cm³/mol. The number of ketones is 2. The van der Waals surface area contributed by atoms with Gasteiger partial charge in [-0.1, -0.05) is 202 Å². The Kier molecular flexibility index (Phi) is 20.7. The first-order chi connectivity index (χ1) is 54.2. The van der Waals surface area contributed by atoms with E-state index in [0.29, 0.717) is 20.8 Å². The lowest BCUT2D eigenvalue weighted by Gasteiger charge is -2.34. The number of hydrogen-bond acceptors (Lipinski definition) is 11. The van der Waals surface area contributed by atoms with E-state index in [1.54, 1.807) is 34.8 Å². The van der Waals surface area contributed by atoms with E-state index in [0.717, 1.165) is 237 Å². The normalized spacial score (nSPS) is 15.8. The second-order valence-corrected chi connectivity index (χ2v) is 33.8. The summed E-state index contributed by atoms with van der Waals surface area (Å²) in [5.74, 6) is -6.14. The van der Waals surface area contributed by atoms with Gasteiger partial charge in [0.2, 0.25) is 0 Å². The molecule has 0 fully saturated rings. The number of aryl methyl sites for hydroxylation is 4. The Morgan fingerprint density at radius 2 is 0.766 bits per heavy atom. The largest absolute Gasteiger partial charge is 0.289 e. The topological polar surface area (TPSA) is 129 Å². The highest BCUT2D eigenvalue weighted by molar-refractivity contribution is 7.30. The van der Waals surface area contributed by atoms with Gasteiger partial charge in [-0.25, -0.2) is 42.4 Å². The van der Waals surface area contributed by atoms with Gasteiger partial charge in [-0.15, -0.1) is 45.3 Å². The fourth-order valence-electron chi connectivity index (χ4n) is 17.6. The van der Waals surface area contributed by atoms with Gasteiger partial charge in [0.1, 0.15) is 5.52 Å². The first-order valence-corrected chi connectivity index (χ1v) is 41.9. The summed E-state index contributed by atoms with van der Waals surface area (Å²) in [6.45, 7) is 25.2. The molecule has 5 aromatic heterocycles. The maximum atomic E-state index is 15.4. The molecule has 0 amide bonds. The van der Waals surface area contributed by atoms with Crippen LogP contribution in [0.1, 0.15) is 239 Å². The number of thiophene rings is 4. The molecule has 16 rings (SSSR count). The lowest BCUT2D eigenvalue weighted by Crippen LogP contribution is -2.29. The van der Waals surface area contributed by atoms with Crippen molar-refractivity contribution in [1.29, 1.82) is 10.5 Å². The Labute approximate surface area is 658 Å². The van der Waals surface area contributed by atoms with Crippen LogP contribution in [0.25, 0.3) is 83.7 Å². The predicted octanol–water partition coefficient (Wildman–Crippen LogP) is 26.4. The van der Waals surface area contributed by atoms with Crippen LogP contribution in [0.2, 0.25) is 0 Å². The van der Waals surface area contributed by atoms with Crippen LogP contribution in [0, 0.1) is 59.1 Å². The zero-order chi connectivity index (χ0) is 77.0. The monoisotopic (exact) mass is 1540 g/mol. The fourth-order valence-corrected chi connectivity index (χ4v) is 23.0. The number of allylic oxidation sites excluding steroid dienone is 6. The van der Waals surface area contributed by atoms with Crippen LogP contribution >= 0.6 is 45.3 Å². The molecule has 7 aromatic carbocycles. The molecular weight excluding hydrogens is 1470 g/mol. The van der Waals surface area contributed by atoms with Crippen molar-refractivity contribution in [2.45, 2.75) is 167 Å². The van der Waals surface area contributed by atoms with Gasteiger partial charge in [-0.2, -0.15) is 0 Å². The molecule has 5 heterocycles. The number of fused-ring (bicyclic) bond motifs is 16. The average Bonchev–Trinajstić information content (AvgIpc) is 1.49. The third-order valence-electron chi connectivity index (χ3n) is 22.9. The fraction of sp³-hybridized carbons (Fsp3) is 0.277. The van der Waals surface area contributed by atoms with Gasteiger partial charge in [0.25, 0.3) is 11.4 Å². The SMILES string of the molecule is [C-]#[N+]C(C#N)=C1/C(=C/c2cc3c(s2)-c2sc4c(c2C3(c2ccc(CCCCCC)cc2)c2ccc(CCCCCC)cc2)c2nonc2c2sc3c(c24)C(c2ccc(CCCCCC)cc2)(c2ccc(CCCCCC)cc2)c2cc(/C=C4\C(=O)c5cc(F)c(F)cc5\C4=C(\C#N)[N+]#[C-])sc2-3)C(=O)c2cc(F)c(F)cc21. The van der Waals surface area contributed by atoms with E-state index in [4.69, 9.17) is 28.1 Å². The first kappa shape index (κ1) is 74.3. The lowest BCUT2D eigenvalue weighted by molar-refractivity contribution is 0.103.